The van der Waals surface area contributed by atoms with Crippen molar-refractivity contribution >= 4 is 0 Å². The van der Waals surface area contributed by atoms with E-state index < -0.39 is 0 Å². The van der Waals surface area contributed by atoms with Crippen molar-refractivity contribution in [3.05, 3.63) is 18.1 Å². The lowest BCUT2D eigenvalue weighted by molar-refractivity contribution is 0.383. The van der Waals surface area contributed by atoms with Gasteiger partial charge in [0, 0.05) is 24.2 Å². The molecule has 0 bridgehead atoms. The van der Waals surface area contributed by atoms with Crippen LogP contribution in [0.1, 0.15) is 25.0 Å². The number of fused-ring (bicyclic) bond motifs is 1. The number of rotatable bonds is 4. The molecule has 17 heavy (non-hydrogen) atoms. The molecular formula is C13H19N3O. The molecule has 1 aromatic heterocycles. The maximum absolute atomic E-state index is 6.28. The van der Waals surface area contributed by atoms with Gasteiger partial charge < -0.3 is 10.5 Å². The van der Waals surface area contributed by atoms with E-state index in [1.165, 1.54) is 19.3 Å². The van der Waals surface area contributed by atoms with E-state index in [-0.39, 0.29) is 6.04 Å². The SMILES string of the molecule is COc1cc(CC(N)C2CC3CC3C2)ncn1. The van der Waals surface area contributed by atoms with E-state index in [1.807, 2.05) is 6.07 Å². The van der Waals surface area contributed by atoms with Gasteiger partial charge in [-0.1, -0.05) is 0 Å². The maximum Gasteiger partial charge on any atom is 0.216 e. The Labute approximate surface area is 102 Å². The highest BCUT2D eigenvalue weighted by Crippen LogP contribution is 2.55. The van der Waals surface area contributed by atoms with E-state index in [9.17, 15) is 0 Å². The molecule has 2 N–H and O–H groups in total. The van der Waals surface area contributed by atoms with Gasteiger partial charge in [-0.2, -0.15) is 0 Å². The van der Waals surface area contributed by atoms with E-state index in [0.29, 0.717) is 11.8 Å². The molecular weight excluding hydrogens is 214 g/mol. The Balaban J connectivity index is 1.61. The van der Waals surface area contributed by atoms with Gasteiger partial charge in [0.15, 0.2) is 0 Å². The van der Waals surface area contributed by atoms with Crippen LogP contribution in [0.3, 0.4) is 0 Å². The number of nitrogens with zero attached hydrogens (tertiary/aromatic N) is 2. The molecule has 0 amide bonds. The van der Waals surface area contributed by atoms with Gasteiger partial charge in [-0.3, -0.25) is 0 Å². The predicted octanol–water partition coefficient (Wildman–Crippen LogP) is 1.40. The summed E-state index contributed by atoms with van der Waals surface area (Å²) >= 11 is 0. The molecule has 1 heterocycles. The minimum atomic E-state index is 0.238. The van der Waals surface area contributed by atoms with E-state index in [2.05, 4.69) is 9.97 Å². The maximum atomic E-state index is 6.28. The Morgan fingerprint density at radius 2 is 2.12 bits per heavy atom. The smallest absolute Gasteiger partial charge is 0.216 e. The van der Waals surface area contributed by atoms with Crippen LogP contribution < -0.4 is 10.5 Å². The molecule has 3 rings (SSSR count). The summed E-state index contributed by atoms with van der Waals surface area (Å²) in [4.78, 5) is 8.27. The number of aromatic nitrogens is 2. The summed E-state index contributed by atoms with van der Waals surface area (Å²) in [5, 5.41) is 0. The molecule has 4 nitrogen and oxygen atoms in total. The van der Waals surface area contributed by atoms with Gasteiger partial charge in [-0.05, 0) is 37.0 Å². The number of hydrogen-bond donors (Lipinski definition) is 1. The lowest BCUT2D eigenvalue weighted by Crippen LogP contribution is -2.31. The molecule has 0 aliphatic heterocycles. The first-order chi connectivity index (χ1) is 8.26. The summed E-state index contributed by atoms with van der Waals surface area (Å²) < 4.78 is 5.09. The molecule has 2 aliphatic carbocycles. The second-order valence-corrected chi connectivity index (χ2v) is 5.41. The topological polar surface area (TPSA) is 61.0 Å². The van der Waals surface area contributed by atoms with Crippen molar-refractivity contribution in [1.82, 2.24) is 9.97 Å². The first-order valence-corrected chi connectivity index (χ1v) is 6.36. The number of nitrogens with two attached hydrogens (primary N) is 1. The molecule has 1 aromatic rings. The van der Waals surface area contributed by atoms with Crippen LogP contribution in [0.5, 0.6) is 5.88 Å². The largest absolute Gasteiger partial charge is 0.481 e. The second kappa shape index (κ2) is 4.26. The Morgan fingerprint density at radius 3 is 2.82 bits per heavy atom. The quantitative estimate of drug-likeness (QED) is 0.854. The molecule has 0 radical (unpaired) electrons. The molecule has 0 saturated heterocycles. The Bertz CT molecular complexity index is 399. The first-order valence-electron chi connectivity index (χ1n) is 6.36. The lowest BCUT2D eigenvalue weighted by atomic mass is 9.92. The fourth-order valence-corrected chi connectivity index (χ4v) is 3.12. The average molecular weight is 233 g/mol. The third-order valence-electron chi connectivity index (χ3n) is 4.24. The Hall–Kier alpha value is -1.16. The highest BCUT2D eigenvalue weighted by molar-refractivity contribution is 5.14. The number of hydrogen-bond acceptors (Lipinski definition) is 4. The monoisotopic (exact) mass is 233 g/mol. The van der Waals surface area contributed by atoms with Crippen molar-refractivity contribution in [2.24, 2.45) is 23.5 Å². The molecule has 4 heteroatoms. The van der Waals surface area contributed by atoms with Crippen molar-refractivity contribution in [3.63, 3.8) is 0 Å². The standard InChI is InChI=1S/C13H19N3O/c1-17-13-6-11(15-7-16-13)5-12(14)10-3-8-2-9(8)4-10/h6-10,12H,2-5,14H2,1H3. The van der Waals surface area contributed by atoms with Crippen LogP contribution in [0, 0.1) is 17.8 Å². The highest BCUT2D eigenvalue weighted by atomic mass is 16.5. The van der Waals surface area contributed by atoms with Gasteiger partial charge in [0.05, 0.1) is 7.11 Å². The van der Waals surface area contributed by atoms with Gasteiger partial charge in [-0.25, -0.2) is 9.97 Å². The molecule has 3 unspecified atom stereocenters. The zero-order chi connectivity index (χ0) is 11.8. The third-order valence-corrected chi connectivity index (χ3v) is 4.24. The Morgan fingerprint density at radius 1 is 1.35 bits per heavy atom. The lowest BCUT2D eigenvalue weighted by Gasteiger charge is -2.20. The zero-order valence-electron chi connectivity index (χ0n) is 10.2. The minimum Gasteiger partial charge on any atom is -0.481 e. The molecule has 2 saturated carbocycles. The van der Waals surface area contributed by atoms with Crippen molar-refractivity contribution in [2.45, 2.75) is 31.7 Å². The summed E-state index contributed by atoms with van der Waals surface area (Å²) in [5.74, 6) is 3.30. The van der Waals surface area contributed by atoms with Crippen molar-refractivity contribution in [2.75, 3.05) is 7.11 Å². The number of methoxy groups -OCH3 is 1. The Kier molecular flexibility index (Phi) is 2.74. The van der Waals surface area contributed by atoms with Crippen LogP contribution in [0.4, 0.5) is 0 Å². The summed E-state index contributed by atoms with van der Waals surface area (Å²) in [5.41, 5.74) is 7.27. The molecule has 2 aliphatic rings. The molecule has 0 spiro atoms. The fourth-order valence-electron chi connectivity index (χ4n) is 3.12. The normalized spacial score (nSPS) is 32.0. The molecule has 2 fully saturated rings. The zero-order valence-corrected chi connectivity index (χ0v) is 10.2. The van der Waals surface area contributed by atoms with E-state index in [1.54, 1.807) is 13.4 Å². The third kappa shape index (κ3) is 2.27. The minimum absolute atomic E-state index is 0.238. The fraction of sp³-hybridized carbons (Fsp3) is 0.692. The van der Waals surface area contributed by atoms with E-state index in [4.69, 9.17) is 10.5 Å². The van der Waals surface area contributed by atoms with Crippen LogP contribution in [-0.2, 0) is 6.42 Å². The second-order valence-electron chi connectivity index (χ2n) is 5.41. The summed E-state index contributed by atoms with van der Waals surface area (Å²) in [6.07, 6.45) is 6.49. The summed E-state index contributed by atoms with van der Waals surface area (Å²) in [6.45, 7) is 0. The van der Waals surface area contributed by atoms with Gasteiger partial charge in [0.25, 0.3) is 0 Å². The van der Waals surface area contributed by atoms with Crippen molar-refractivity contribution in [1.29, 1.82) is 0 Å². The average Bonchev–Trinajstić information content (AvgIpc) is 2.96. The predicted molar refractivity (Wildman–Crippen MR) is 64.6 cm³/mol. The van der Waals surface area contributed by atoms with Gasteiger partial charge in [-0.15, -0.1) is 0 Å². The van der Waals surface area contributed by atoms with Gasteiger partial charge in [0.1, 0.15) is 6.33 Å². The van der Waals surface area contributed by atoms with E-state index in [0.717, 1.165) is 24.0 Å². The van der Waals surface area contributed by atoms with Crippen LogP contribution in [0.15, 0.2) is 12.4 Å². The van der Waals surface area contributed by atoms with Crippen LogP contribution >= 0.6 is 0 Å². The van der Waals surface area contributed by atoms with Crippen LogP contribution in [0.2, 0.25) is 0 Å². The van der Waals surface area contributed by atoms with Gasteiger partial charge in [0.2, 0.25) is 5.88 Å². The van der Waals surface area contributed by atoms with Crippen molar-refractivity contribution in [3.8, 4) is 5.88 Å². The molecule has 0 aromatic carbocycles. The molecule has 3 atom stereocenters. The molecule has 92 valence electrons. The van der Waals surface area contributed by atoms with Crippen molar-refractivity contribution < 1.29 is 4.74 Å². The summed E-state index contributed by atoms with van der Waals surface area (Å²) in [7, 11) is 1.62. The first kappa shape index (κ1) is 11.0. The van der Waals surface area contributed by atoms with Crippen LogP contribution in [-0.4, -0.2) is 23.1 Å². The van der Waals surface area contributed by atoms with Gasteiger partial charge >= 0.3 is 0 Å². The van der Waals surface area contributed by atoms with E-state index >= 15 is 0 Å². The van der Waals surface area contributed by atoms with Crippen LogP contribution in [0.25, 0.3) is 0 Å². The number of ether oxygens (including phenoxy) is 1. The highest BCUT2D eigenvalue weighted by Gasteiger charge is 2.47. The summed E-state index contributed by atoms with van der Waals surface area (Å²) in [6, 6.07) is 2.12.